The van der Waals surface area contributed by atoms with Gasteiger partial charge >= 0.3 is 6.16 Å². The second kappa shape index (κ2) is 19.9. The van der Waals surface area contributed by atoms with E-state index in [1.165, 1.54) is 0 Å². The van der Waals surface area contributed by atoms with Crippen LogP contribution in [-0.4, -0.2) is 140 Å². The van der Waals surface area contributed by atoms with Gasteiger partial charge in [-0.15, -0.1) is 0 Å². The maximum absolute atomic E-state index is 13.8. The van der Waals surface area contributed by atoms with Crippen LogP contribution in [0.5, 0.6) is 5.75 Å². The lowest BCUT2D eigenvalue weighted by atomic mass is 9.49. The number of piperazine rings is 1. The minimum atomic E-state index is -1.21. The number of rotatable bonds is 12. The Morgan fingerprint density at radius 3 is 2.13 bits per heavy atom. The van der Waals surface area contributed by atoms with Gasteiger partial charge in [0.15, 0.2) is 6.73 Å². The van der Waals surface area contributed by atoms with Gasteiger partial charge in [-0.25, -0.2) is 9.69 Å². The number of amides is 5. The minimum absolute atomic E-state index is 0.0223. The van der Waals surface area contributed by atoms with E-state index in [0.717, 1.165) is 79.8 Å². The van der Waals surface area contributed by atoms with Crippen molar-refractivity contribution in [1.82, 2.24) is 20.0 Å². The SMILES string of the molecule is CC1(C)[C@H](NC(=O)c2ccc(N3CCC(CN4CCN(c5ccc6c(c5)C(=O)N(C5CCC(=O)N(COC(=O)OC7CCOCC7)C5=O)C6=O)CC4)CC3)cc2)C(C)(C)[C@H]1Oc1ccc(C#N)c(Cl)c1. The molecule has 17 nitrogen and oxygen atoms in total. The molecule has 5 fully saturated rings. The van der Waals surface area contributed by atoms with Gasteiger partial charge in [0.2, 0.25) is 5.91 Å². The summed E-state index contributed by atoms with van der Waals surface area (Å²) in [6.45, 7) is 14.6. The van der Waals surface area contributed by atoms with E-state index in [-0.39, 0.29) is 59.0 Å². The molecule has 9 rings (SSSR count). The average molecular weight is 979 g/mol. The van der Waals surface area contributed by atoms with Crippen molar-refractivity contribution >= 4 is 58.7 Å². The minimum Gasteiger partial charge on any atom is -0.489 e. The van der Waals surface area contributed by atoms with E-state index < -0.39 is 42.6 Å². The molecule has 370 valence electrons. The van der Waals surface area contributed by atoms with Gasteiger partial charge in [0.05, 0.1) is 34.9 Å². The Labute approximate surface area is 412 Å². The number of carbonyl (C=O) groups excluding carboxylic acids is 6. The number of fused-ring (bicyclic) bond motifs is 1. The normalized spacial score (nSPS) is 23.9. The first kappa shape index (κ1) is 48.8. The molecule has 70 heavy (non-hydrogen) atoms. The maximum Gasteiger partial charge on any atom is 0.510 e. The summed E-state index contributed by atoms with van der Waals surface area (Å²) < 4.78 is 22.1. The zero-order chi connectivity index (χ0) is 49.5. The average Bonchev–Trinajstić information content (AvgIpc) is 3.60. The Bertz CT molecular complexity index is 2560. The number of imide groups is 2. The zero-order valence-corrected chi connectivity index (χ0v) is 40.9. The number of carbonyl (C=O) groups is 6. The molecule has 5 amide bonds. The Balaban J connectivity index is 0.717. The first-order valence-corrected chi connectivity index (χ1v) is 24.7. The van der Waals surface area contributed by atoms with Crippen molar-refractivity contribution in [1.29, 1.82) is 5.26 Å². The Kier molecular flexibility index (Phi) is 13.9. The number of anilines is 2. The van der Waals surface area contributed by atoms with Crippen LogP contribution in [0.1, 0.15) is 103 Å². The molecule has 3 aromatic carbocycles. The summed E-state index contributed by atoms with van der Waals surface area (Å²) in [7, 11) is 0. The van der Waals surface area contributed by atoms with E-state index in [0.29, 0.717) is 53.9 Å². The predicted octanol–water partition coefficient (Wildman–Crippen LogP) is 6.27. The molecule has 18 heteroatoms. The van der Waals surface area contributed by atoms with Gasteiger partial charge in [-0.2, -0.15) is 5.26 Å². The topological polar surface area (TPSA) is 191 Å². The van der Waals surface area contributed by atoms with Gasteiger partial charge < -0.3 is 34.1 Å². The van der Waals surface area contributed by atoms with Crippen LogP contribution in [0.3, 0.4) is 0 Å². The summed E-state index contributed by atoms with van der Waals surface area (Å²) in [4.78, 5) is 88.4. The molecule has 5 heterocycles. The fraction of sp³-hybridized carbons (Fsp3) is 0.519. The molecule has 6 aliphatic rings. The number of hydrogen-bond donors (Lipinski definition) is 1. The van der Waals surface area contributed by atoms with Crippen molar-refractivity contribution in [3.63, 3.8) is 0 Å². The fourth-order valence-electron chi connectivity index (χ4n) is 11.6. The number of benzene rings is 3. The molecular weight excluding hydrogens is 918 g/mol. The molecule has 1 saturated carbocycles. The van der Waals surface area contributed by atoms with Crippen LogP contribution in [0, 0.1) is 28.1 Å². The third-order valence-electron chi connectivity index (χ3n) is 15.2. The molecule has 4 saturated heterocycles. The monoisotopic (exact) mass is 977 g/mol. The van der Waals surface area contributed by atoms with Crippen LogP contribution < -0.4 is 19.9 Å². The number of hydrogen-bond acceptors (Lipinski definition) is 14. The second-order valence-electron chi connectivity index (χ2n) is 20.4. The van der Waals surface area contributed by atoms with Gasteiger partial charge in [-0.1, -0.05) is 39.3 Å². The Morgan fingerprint density at radius 2 is 1.46 bits per heavy atom. The molecule has 0 bridgehead atoms. The first-order chi connectivity index (χ1) is 33.5. The van der Waals surface area contributed by atoms with E-state index >= 15 is 0 Å². The van der Waals surface area contributed by atoms with Crippen LogP contribution in [0.25, 0.3) is 0 Å². The number of halogens is 1. The number of likely N-dealkylation sites (tertiary alicyclic amines) is 1. The lowest BCUT2D eigenvalue weighted by Crippen LogP contribution is -2.74. The van der Waals surface area contributed by atoms with E-state index in [1.54, 1.807) is 30.3 Å². The predicted molar refractivity (Wildman–Crippen MR) is 258 cm³/mol. The van der Waals surface area contributed by atoms with Crippen molar-refractivity contribution in [3.8, 4) is 11.8 Å². The standard InChI is InChI=1S/C52H60ClN7O10/c1-51(2)48(52(3,4)49(51)69-38-11-7-34(29-54)41(53)28-38)55-44(62)33-5-8-35(9-6-33)57-19-15-32(16-20-57)30-56-21-23-58(24-22-56)36-10-12-39-40(27-36)46(64)60(45(39)63)42-13-14-43(61)59(47(42)65)31-68-50(66)70-37-17-25-67-26-18-37/h5-12,27-28,32,37,42,48-49H,13-26,30-31H2,1-4H3,(H,55,62)/t42?,48-,49-. The highest BCUT2D eigenvalue weighted by Gasteiger charge is 2.64. The number of nitrogens with zero attached hydrogens (tertiary/aromatic N) is 6. The van der Waals surface area contributed by atoms with Gasteiger partial charge in [0.25, 0.3) is 23.6 Å². The van der Waals surface area contributed by atoms with Crippen LogP contribution in [0.2, 0.25) is 5.02 Å². The molecule has 0 spiro atoms. The lowest BCUT2D eigenvalue weighted by molar-refractivity contribution is -0.164. The van der Waals surface area contributed by atoms with Crippen LogP contribution in [-0.2, 0) is 23.8 Å². The van der Waals surface area contributed by atoms with Crippen LogP contribution in [0.15, 0.2) is 60.7 Å². The van der Waals surface area contributed by atoms with Crippen LogP contribution >= 0.6 is 11.6 Å². The van der Waals surface area contributed by atoms with Crippen molar-refractivity contribution in [2.45, 2.75) is 90.5 Å². The molecule has 0 aromatic heterocycles. The maximum atomic E-state index is 13.8. The number of nitrogens with one attached hydrogen (secondary N) is 1. The van der Waals surface area contributed by atoms with Gasteiger partial charge in [-0.05, 0) is 79.8 Å². The summed E-state index contributed by atoms with van der Waals surface area (Å²) in [6.07, 6.45) is 1.42. The fourth-order valence-corrected chi connectivity index (χ4v) is 11.8. The summed E-state index contributed by atoms with van der Waals surface area (Å²) in [5.41, 5.74) is 2.60. The van der Waals surface area contributed by atoms with E-state index in [1.807, 2.05) is 30.3 Å². The van der Waals surface area contributed by atoms with E-state index in [2.05, 4.69) is 53.8 Å². The third-order valence-corrected chi connectivity index (χ3v) is 15.5. The summed E-state index contributed by atoms with van der Waals surface area (Å²) >= 11 is 6.27. The molecule has 1 atom stereocenters. The Hall–Kier alpha value is -6.22. The van der Waals surface area contributed by atoms with Gasteiger partial charge in [0.1, 0.15) is 30.1 Å². The zero-order valence-electron chi connectivity index (χ0n) is 40.1. The highest BCUT2D eigenvalue weighted by Crippen LogP contribution is 2.55. The van der Waals surface area contributed by atoms with Crippen LogP contribution in [0.4, 0.5) is 16.2 Å². The second-order valence-corrected chi connectivity index (χ2v) is 20.9. The third kappa shape index (κ3) is 9.65. The lowest BCUT2D eigenvalue weighted by Gasteiger charge is -2.63. The largest absolute Gasteiger partial charge is 0.510 e. The molecule has 0 radical (unpaired) electrons. The molecule has 1 unspecified atom stereocenters. The van der Waals surface area contributed by atoms with E-state index in [4.69, 9.17) is 30.5 Å². The van der Waals surface area contributed by atoms with Crippen molar-refractivity contribution in [3.05, 3.63) is 87.9 Å². The van der Waals surface area contributed by atoms with Crippen molar-refractivity contribution in [2.24, 2.45) is 16.7 Å². The summed E-state index contributed by atoms with van der Waals surface area (Å²) in [5.74, 6) is -1.52. The molecular formula is C52H60ClN7O10. The highest BCUT2D eigenvalue weighted by atomic mass is 35.5. The first-order valence-electron chi connectivity index (χ1n) is 24.3. The van der Waals surface area contributed by atoms with E-state index in [9.17, 15) is 34.0 Å². The molecule has 5 aliphatic heterocycles. The number of piperidine rings is 2. The van der Waals surface area contributed by atoms with Gasteiger partial charge in [-0.3, -0.25) is 33.8 Å². The highest BCUT2D eigenvalue weighted by molar-refractivity contribution is 6.31. The number of nitriles is 1. The summed E-state index contributed by atoms with van der Waals surface area (Å²) in [5, 5.41) is 12.9. The summed E-state index contributed by atoms with van der Waals surface area (Å²) in [6, 6.07) is 18.9. The number of ether oxygens (including phenoxy) is 4. The van der Waals surface area contributed by atoms with Crippen molar-refractivity contribution in [2.75, 3.05) is 75.6 Å². The molecule has 1 N–H and O–H groups in total. The smallest absolute Gasteiger partial charge is 0.489 e. The quantitative estimate of drug-likeness (QED) is 0.158. The van der Waals surface area contributed by atoms with Gasteiger partial charge in [0, 0.05) is 105 Å². The molecule has 1 aliphatic carbocycles. The van der Waals surface area contributed by atoms with Crippen molar-refractivity contribution < 1.29 is 47.7 Å². The Morgan fingerprint density at radius 1 is 0.800 bits per heavy atom. The molecule has 3 aromatic rings.